The van der Waals surface area contributed by atoms with E-state index in [1.165, 1.54) is 0 Å². The first-order valence-electron chi connectivity index (χ1n) is 0.507. The first-order valence-corrected chi connectivity index (χ1v) is 1.52. The Labute approximate surface area is 79.9 Å². The molecule has 0 aliphatic heterocycles. The third-order valence-corrected chi connectivity index (χ3v) is 0. The molecule has 0 aliphatic rings. The van der Waals surface area contributed by atoms with Crippen molar-refractivity contribution < 1.29 is 29.7 Å². The topological polar surface area (TPSA) is 0 Å². The molecule has 40 valence electrons. The minimum Gasteiger partial charge on any atom is -0.152 e. The molecule has 0 saturated heterocycles. The van der Waals surface area contributed by atoms with E-state index in [4.69, 9.17) is 0 Å². The van der Waals surface area contributed by atoms with E-state index in [9.17, 15) is 12.6 Å². The Morgan fingerprint density at radius 2 is 1.00 bits per heavy atom. The fraction of sp³-hybridized carbons (Fsp3) is 0. The van der Waals surface area contributed by atoms with Crippen molar-refractivity contribution in [2.24, 2.45) is 0 Å². The average molecular weight is 183 g/mol. The van der Waals surface area contributed by atoms with Crippen LogP contribution < -0.4 is 0 Å². The molecule has 0 fully saturated rings. The Hall–Kier alpha value is 2.10. The van der Waals surface area contributed by atoms with Crippen LogP contribution in [0.2, 0.25) is 0 Å². The van der Waals surface area contributed by atoms with E-state index in [0.717, 1.165) is 0 Å². The molecule has 0 aromatic carbocycles. The van der Waals surface area contributed by atoms with E-state index >= 15 is 0 Å². The Morgan fingerprint density at radius 3 is 1.00 bits per heavy atom. The summed E-state index contributed by atoms with van der Waals surface area (Å²) in [7, 11) is -4.12. The summed E-state index contributed by atoms with van der Waals surface area (Å²) in [4.78, 5) is 0. The molecule has 0 heterocycles. The van der Waals surface area contributed by atoms with E-state index < -0.39 is 8.85 Å². The van der Waals surface area contributed by atoms with Crippen LogP contribution in [0.15, 0.2) is 0 Å². The standard InChI is InChI=1S/Cu.F3P.Li.Mg/c;1-4(2)3;;. The zero-order valence-electron chi connectivity index (χ0n) is 3.59. The normalized spacial score (nSPS) is 5.14. The molecule has 0 saturated carbocycles. The Bertz CT molecular complexity index is 19.7. The van der Waals surface area contributed by atoms with Crippen molar-refractivity contribution in [2.75, 3.05) is 0 Å². The van der Waals surface area contributed by atoms with Gasteiger partial charge in [-0.25, -0.2) is 0 Å². The van der Waals surface area contributed by atoms with Gasteiger partial charge in [-0.3, -0.25) is 0 Å². The maximum atomic E-state index is 9.73. The zero-order valence-corrected chi connectivity index (χ0v) is 6.84. The van der Waals surface area contributed by atoms with Crippen LogP contribution in [-0.4, -0.2) is 41.9 Å². The third kappa shape index (κ3) is 68.2. The minimum absolute atomic E-state index is 0. The Morgan fingerprint density at radius 1 is 1.00 bits per heavy atom. The van der Waals surface area contributed by atoms with Gasteiger partial charge in [0.1, 0.15) is 0 Å². The molecule has 0 aromatic rings. The molecule has 7 heteroatoms. The quantitative estimate of drug-likeness (QED) is 0.392. The smallest absolute Gasteiger partial charge is 0.152 e. The predicted molar refractivity (Wildman–Crippen MR) is 21.8 cm³/mol. The molecule has 0 amide bonds. The summed E-state index contributed by atoms with van der Waals surface area (Å²) in [5.41, 5.74) is 0. The maximum Gasteiger partial charge on any atom is 0.456 e. The monoisotopic (exact) mass is 182 g/mol. The van der Waals surface area contributed by atoms with Gasteiger partial charge in [0.25, 0.3) is 0 Å². The van der Waals surface area contributed by atoms with E-state index in [-0.39, 0.29) is 59.0 Å². The van der Waals surface area contributed by atoms with Crippen LogP contribution in [0.25, 0.3) is 0 Å². The fourth-order valence-corrected chi connectivity index (χ4v) is 0. The molecule has 0 rings (SSSR count). The minimum atomic E-state index is -4.12. The van der Waals surface area contributed by atoms with Gasteiger partial charge in [0.2, 0.25) is 0 Å². The molecule has 7 heavy (non-hydrogen) atoms. The van der Waals surface area contributed by atoms with Crippen LogP contribution in [0.1, 0.15) is 0 Å². The summed E-state index contributed by atoms with van der Waals surface area (Å²) >= 11 is 0. The van der Waals surface area contributed by atoms with E-state index in [1.807, 2.05) is 0 Å². The molecular weight excluding hydrogens is 183 g/mol. The van der Waals surface area contributed by atoms with Crippen molar-refractivity contribution in [1.82, 2.24) is 0 Å². The molecule has 0 aromatic heterocycles. The molecule has 0 aliphatic carbocycles. The predicted octanol–water partition coefficient (Wildman–Crippen LogP) is 1.36. The molecule has 0 atom stereocenters. The summed E-state index contributed by atoms with van der Waals surface area (Å²) in [5.74, 6) is 0. The summed E-state index contributed by atoms with van der Waals surface area (Å²) in [6.45, 7) is 0. The summed E-state index contributed by atoms with van der Waals surface area (Å²) in [6, 6.07) is 0. The maximum absolute atomic E-state index is 9.73. The van der Waals surface area contributed by atoms with E-state index in [1.54, 1.807) is 0 Å². The van der Waals surface area contributed by atoms with Gasteiger partial charge in [-0.2, -0.15) is 12.6 Å². The molecule has 0 N–H and O–H groups in total. The largest absolute Gasteiger partial charge is 0.456 e. The van der Waals surface area contributed by atoms with Gasteiger partial charge in [-0.15, -0.1) is 0 Å². The molecule has 0 unspecified atom stereocenters. The van der Waals surface area contributed by atoms with Gasteiger partial charge >= 0.3 is 8.85 Å². The molecule has 0 bridgehead atoms. The van der Waals surface area contributed by atoms with Crippen LogP contribution in [0.4, 0.5) is 12.6 Å². The fourth-order valence-electron chi connectivity index (χ4n) is 0. The van der Waals surface area contributed by atoms with Crippen molar-refractivity contribution in [3.8, 4) is 0 Å². The summed E-state index contributed by atoms with van der Waals surface area (Å²) in [6.07, 6.45) is 0. The second-order valence-electron chi connectivity index (χ2n) is 0.192. The Kier molecular flexibility index (Phi) is 51.5. The van der Waals surface area contributed by atoms with Crippen LogP contribution >= 0.6 is 8.85 Å². The summed E-state index contributed by atoms with van der Waals surface area (Å²) < 4.78 is 29.2. The van der Waals surface area contributed by atoms with Gasteiger partial charge in [-0.05, 0) is 0 Å². The van der Waals surface area contributed by atoms with Gasteiger partial charge in [-0.1, -0.05) is 0 Å². The van der Waals surface area contributed by atoms with Crippen LogP contribution in [0.5, 0.6) is 0 Å². The number of rotatable bonds is 0. The Balaban J connectivity index is -0.0000000150. The van der Waals surface area contributed by atoms with Crippen molar-refractivity contribution in [3.63, 3.8) is 0 Å². The first kappa shape index (κ1) is 23.0. The van der Waals surface area contributed by atoms with Crippen molar-refractivity contribution in [3.05, 3.63) is 0 Å². The SMILES string of the molecule is FP(F)F.[Cu].[Li].[Mg]. The van der Waals surface area contributed by atoms with E-state index in [2.05, 4.69) is 0 Å². The van der Waals surface area contributed by atoms with Crippen molar-refractivity contribution >= 4 is 50.8 Å². The molecule has 4 radical (unpaired) electrons. The second-order valence-corrected chi connectivity index (χ2v) is 0.575. The number of hydrogen-bond donors (Lipinski definition) is 0. The number of hydrogen-bond acceptors (Lipinski definition) is 0. The van der Waals surface area contributed by atoms with Gasteiger partial charge in [0.05, 0.1) is 0 Å². The van der Waals surface area contributed by atoms with Gasteiger partial charge < -0.3 is 0 Å². The second kappa shape index (κ2) is 15.7. The van der Waals surface area contributed by atoms with Crippen molar-refractivity contribution in [1.29, 1.82) is 0 Å². The van der Waals surface area contributed by atoms with Crippen LogP contribution in [0.3, 0.4) is 0 Å². The van der Waals surface area contributed by atoms with Crippen LogP contribution in [-0.2, 0) is 17.1 Å². The average Bonchev–Trinajstić information content (AvgIpc) is 0.811. The van der Waals surface area contributed by atoms with Gasteiger partial charge in [0, 0.05) is 59.0 Å². The first-order chi connectivity index (χ1) is 1.73. The van der Waals surface area contributed by atoms with E-state index in [0.29, 0.717) is 0 Å². The molecule has 0 nitrogen and oxygen atoms in total. The molecule has 0 spiro atoms. The number of halogens is 3. The van der Waals surface area contributed by atoms with Crippen molar-refractivity contribution in [2.45, 2.75) is 0 Å². The molecular formula is CuF3LiMgP. The van der Waals surface area contributed by atoms with Gasteiger partial charge in [0.15, 0.2) is 0 Å². The van der Waals surface area contributed by atoms with Crippen LogP contribution in [0, 0.1) is 0 Å². The zero-order chi connectivity index (χ0) is 3.58. The third-order valence-electron chi connectivity index (χ3n) is 0. The summed E-state index contributed by atoms with van der Waals surface area (Å²) in [5, 5.41) is 0.